The third kappa shape index (κ3) is 13.0. The van der Waals surface area contributed by atoms with Crippen LogP contribution in [0.25, 0.3) is 0 Å². The molecule has 4 nitrogen and oxygen atoms in total. The second-order valence-corrected chi connectivity index (χ2v) is 3.12. The summed E-state index contributed by atoms with van der Waals surface area (Å²) in [4.78, 5) is 30.2. The van der Waals surface area contributed by atoms with Crippen LogP contribution in [0.3, 0.4) is 0 Å². The van der Waals surface area contributed by atoms with E-state index in [4.69, 9.17) is 0 Å². The predicted octanol–water partition coefficient (Wildman–Crippen LogP) is -11.4. The molecule has 8 heteroatoms. The summed E-state index contributed by atoms with van der Waals surface area (Å²) in [5.41, 5.74) is 0. The summed E-state index contributed by atoms with van der Waals surface area (Å²) in [5, 5.41) is 0. The van der Waals surface area contributed by atoms with Gasteiger partial charge in [0.1, 0.15) is 0 Å². The summed E-state index contributed by atoms with van der Waals surface area (Å²) in [7, 11) is -5.15. The van der Waals surface area contributed by atoms with Gasteiger partial charge in [0.25, 0.3) is 0 Å². The molecule has 1 aromatic rings. The van der Waals surface area contributed by atoms with E-state index >= 15 is 0 Å². The van der Waals surface area contributed by atoms with Crippen molar-refractivity contribution < 1.29 is 193 Å². The fourth-order valence-corrected chi connectivity index (χ4v) is 1.06. The normalized spacial score (nSPS) is 8.79. The number of benzene rings is 1. The van der Waals surface area contributed by atoms with Gasteiger partial charge in [-0.25, -0.2) is 0 Å². The van der Waals surface area contributed by atoms with Crippen LogP contribution in [0.1, 0.15) is 0 Å². The Labute approximate surface area is 231 Å². The van der Waals surface area contributed by atoms with Gasteiger partial charge in [-0.3, -0.25) is 0 Å². The van der Waals surface area contributed by atoms with Crippen LogP contribution in [0.5, 0.6) is 5.75 Å². The topological polar surface area (TPSA) is 78.4 Å². The van der Waals surface area contributed by atoms with Crippen molar-refractivity contribution in [3.05, 3.63) is 30.3 Å². The Morgan fingerprint density at radius 2 is 1.29 bits per heavy atom. The van der Waals surface area contributed by atoms with Gasteiger partial charge in [-0.15, -0.1) is 0 Å². The molecule has 0 saturated heterocycles. The van der Waals surface area contributed by atoms with Crippen LogP contribution in [0.2, 0.25) is 0 Å². The minimum Gasteiger partial charge on any atom is -0.851 e. The monoisotopic (exact) mass is 424 g/mol. The van der Waals surface area contributed by atoms with Gasteiger partial charge in [-0.05, 0) is 21.2 Å². The zero-order valence-electron chi connectivity index (χ0n) is 8.52. The van der Waals surface area contributed by atoms with Gasteiger partial charge < -0.3 is 18.8 Å². The Hall–Kier alpha value is 4.53. The van der Waals surface area contributed by atoms with E-state index in [0.717, 1.165) is 0 Å². The smallest absolute Gasteiger partial charge is 0.851 e. The molecule has 0 bridgehead atoms. The van der Waals surface area contributed by atoms with Crippen molar-refractivity contribution in [2.45, 2.75) is 0 Å². The zero-order chi connectivity index (χ0) is 8.32. The Morgan fingerprint density at radius 3 is 1.64 bits per heavy atom. The standard InChI is InChI=1S/C6H5O4Si.3Rb/c7-11(8,9)10-6-4-2-1-3-5-6;;;/h1-5H;;;/q-3;3*+1. The van der Waals surface area contributed by atoms with Crippen molar-refractivity contribution in [2.75, 3.05) is 0 Å². The predicted molar refractivity (Wildman–Crippen MR) is 32.8 cm³/mol. The molecule has 1 rings (SSSR count). The summed E-state index contributed by atoms with van der Waals surface area (Å²) in [5.74, 6) is 0.0548. The average Bonchev–Trinajstić information content (AvgIpc) is 1.85. The SMILES string of the molecule is [O-][Si]([O-])([O-])Oc1ccccc1.[Rb+].[Rb+].[Rb+]. The molecule has 0 unspecified atom stereocenters. The van der Waals surface area contributed by atoms with Gasteiger partial charge in [0.15, 0.2) is 0 Å². The van der Waals surface area contributed by atoms with E-state index in [-0.39, 0.29) is 180 Å². The Kier molecular flexibility index (Phi) is 21.2. The van der Waals surface area contributed by atoms with E-state index in [1.807, 2.05) is 0 Å². The molecule has 0 N–H and O–H groups in total. The number of hydrogen-bond acceptors (Lipinski definition) is 4. The van der Waals surface area contributed by atoms with Crippen LogP contribution in [-0.2, 0) is 0 Å². The molecule has 0 fully saturated rings. The molecule has 14 heavy (non-hydrogen) atoms. The van der Waals surface area contributed by atoms with Gasteiger partial charge >= 0.3 is 175 Å². The summed E-state index contributed by atoms with van der Waals surface area (Å²) in [6.45, 7) is 0. The van der Waals surface area contributed by atoms with Crippen LogP contribution < -0.4 is 193 Å². The second-order valence-electron chi connectivity index (χ2n) is 1.92. The third-order valence-electron chi connectivity index (χ3n) is 0.986. The van der Waals surface area contributed by atoms with Crippen LogP contribution in [-0.4, -0.2) is 9.05 Å². The van der Waals surface area contributed by atoms with Crippen molar-refractivity contribution in [1.29, 1.82) is 0 Å². The Bertz CT molecular complexity index is 228. The first-order chi connectivity index (χ1) is 5.08. The maximum Gasteiger partial charge on any atom is 1.00 e. The molecular formula is C6H5O4Rb3Si. The molecular weight excluding hydrogens is 421 g/mol. The molecule has 0 radical (unpaired) electrons. The summed E-state index contributed by atoms with van der Waals surface area (Å²) in [6.07, 6.45) is 0. The Morgan fingerprint density at radius 1 is 0.857 bits per heavy atom. The zero-order valence-corrected chi connectivity index (χ0v) is 24.3. The molecule has 0 aliphatic heterocycles. The Balaban J connectivity index is -0.000000403. The van der Waals surface area contributed by atoms with Gasteiger partial charge in [0.05, 0.1) is 5.75 Å². The van der Waals surface area contributed by atoms with Gasteiger partial charge in [-0.2, -0.15) is 0 Å². The largest absolute Gasteiger partial charge is 1.00 e. The minimum atomic E-state index is -5.15. The molecule has 0 aliphatic carbocycles. The number of hydrogen-bond donors (Lipinski definition) is 0. The van der Waals surface area contributed by atoms with Gasteiger partial charge in [-0.1, -0.05) is 18.2 Å². The van der Waals surface area contributed by atoms with Crippen molar-refractivity contribution in [1.82, 2.24) is 0 Å². The first-order valence-corrected chi connectivity index (χ1v) is 4.56. The van der Waals surface area contributed by atoms with Crippen LogP contribution in [0, 0.1) is 0 Å². The molecule has 0 heterocycles. The van der Waals surface area contributed by atoms with Crippen molar-refractivity contribution >= 4 is 9.05 Å². The van der Waals surface area contributed by atoms with Gasteiger partial charge in [0, 0.05) is 0 Å². The fourth-order valence-electron chi connectivity index (χ4n) is 0.633. The van der Waals surface area contributed by atoms with Gasteiger partial charge in [0.2, 0.25) is 0 Å². The van der Waals surface area contributed by atoms with E-state index in [1.54, 1.807) is 18.2 Å². The van der Waals surface area contributed by atoms with E-state index in [9.17, 15) is 14.4 Å². The van der Waals surface area contributed by atoms with E-state index in [0.29, 0.717) is 0 Å². The summed E-state index contributed by atoms with van der Waals surface area (Å²) < 4.78 is 4.07. The maximum atomic E-state index is 10.1. The van der Waals surface area contributed by atoms with Crippen molar-refractivity contribution in [3.8, 4) is 5.75 Å². The molecule has 0 aromatic heterocycles. The van der Waals surface area contributed by atoms with E-state index in [1.165, 1.54) is 12.1 Å². The summed E-state index contributed by atoms with van der Waals surface area (Å²) in [6, 6.07) is 7.65. The van der Waals surface area contributed by atoms with Crippen LogP contribution in [0.4, 0.5) is 0 Å². The van der Waals surface area contributed by atoms with E-state index < -0.39 is 9.05 Å². The molecule has 60 valence electrons. The fraction of sp³-hybridized carbons (Fsp3) is 0. The average molecular weight is 426 g/mol. The third-order valence-corrected chi connectivity index (χ3v) is 1.47. The second kappa shape index (κ2) is 12.6. The molecule has 0 aliphatic rings. The molecule has 0 saturated carbocycles. The molecule has 0 amide bonds. The summed E-state index contributed by atoms with van der Waals surface area (Å²) >= 11 is 0. The molecule has 0 spiro atoms. The quantitative estimate of drug-likeness (QED) is 0.441. The maximum absolute atomic E-state index is 10.1. The van der Waals surface area contributed by atoms with Crippen molar-refractivity contribution in [2.24, 2.45) is 0 Å². The number of rotatable bonds is 2. The van der Waals surface area contributed by atoms with Crippen molar-refractivity contribution in [3.63, 3.8) is 0 Å². The first kappa shape index (κ1) is 23.6. The van der Waals surface area contributed by atoms with E-state index in [2.05, 4.69) is 4.43 Å². The first-order valence-electron chi connectivity index (χ1n) is 2.93. The molecule has 1 aromatic carbocycles. The number of para-hydroxylation sites is 1. The molecule has 0 atom stereocenters. The van der Waals surface area contributed by atoms with Crippen LogP contribution in [0.15, 0.2) is 30.3 Å². The minimum absolute atomic E-state index is 0. The van der Waals surface area contributed by atoms with Crippen LogP contribution >= 0.6 is 0 Å².